The van der Waals surface area contributed by atoms with Crippen LogP contribution in [0.5, 0.6) is 0 Å². The van der Waals surface area contributed by atoms with Crippen LogP contribution in [0.15, 0.2) is 0 Å². The molecule has 0 radical (unpaired) electrons. The van der Waals surface area contributed by atoms with Crippen molar-refractivity contribution in [2.24, 2.45) is 0 Å². The molecule has 0 aliphatic carbocycles. The van der Waals surface area contributed by atoms with Crippen LogP contribution in [0.25, 0.3) is 0 Å². The van der Waals surface area contributed by atoms with Crippen LogP contribution in [0.3, 0.4) is 0 Å². The van der Waals surface area contributed by atoms with Gasteiger partial charge >= 0.3 is 0 Å². The summed E-state index contributed by atoms with van der Waals surface area (Å²) < 4.78 is 10.3. The lowest BCUT2D eigenvalue weighted by Crippen LogP contribution is -2.49. The van der Waals surface area contributed by atoms with Gasteiger partial charge in [-0.3, -0.25) is 4.79 Å². The fraction of sp³-hybridized carbons (Fsp3) is 0.917. The van der Waals surface area contributed by atoms with Gasteiger partial charge in [-0.05, 0) is 20.3 Å². The fourth-order valence-electron chi connectivity index (χ4n) is 1.19. The van der Waals surface area contributed by atoms with Crippen LogP contribution in [-0.2, 0) is 14.3 Å². The summed E-state index contributed by atoms with van der Waals surface area (Å²) in [6.07, 6.45) is 0.913. The molecule has 102 valence electrons. The number of carbonyl (C=O) groups excluding carboxylic acids is 1. The Morgan fingerprint density at radius 2 is 1.94 bits per heavy atom. The quantitative estimate of drug-likeness (QED) is 0.516. The second-order valence-electron chi connectivity index (χ2n) is 4.36. The van der Waals surface area contributed by atoms with Crippen molar-refractivity contribution in [3.8, 4) is 0 Å². The average Bonchev–Trinajstić information content (AvgIpc) is 2.29. The van der Waals surface area contributed by atoms with Gasteiger partial charge in [-0.1, -0.05) is 6.92 Å². The first-order chi connectivity index (χ1) is 8.04. The highest BCUT2D eigenvalue weighted by Crippen LogP contribution is 2.04. The zero-order valence-corrected chi connectivity index (χ0v) is 11.1. The Hall–Kier alpha value is -0.490. The number of aliphatic hydroxyl groups excluding tert-OH is 1. The SMILES string of the molecule is CCCOCC(=O)C(C)(C)NCCOCCO. The van der Waals surface area contributed by atoms with Gasteiger partial charge in [-0.25, -0.2) is 0 Å². The Balaban J connectivity index is 3.72. The number of aliphatic hydroxyl groups is 1. The average molecular weight is 247 g/mol. The van der Waals surface area contributed by atoms with Crippen molar-refractivity contribution in [2.75, 3.05) is 39.6 Å². The minimum atomic E-state index is -0.601. The highest BCUT2D eigenvalue weighted by molar-refractivity contribution is 5.88. The highest BCUT2D eigenvalue weighted by atomic mass is 16.5. The Kier molecular flexibility index (Phi) is 9.26. The van der Waals surface area contributed by atoms with Gasteiger partial charge in [0.05, 0.1) is 25.4 Å². The van der Waals surface area contributed by atoms with E-state index < -0.39 is 5.54 Å². The van der Waals surface area contributed by atoms with Gasteiger partial charge in [0, 0.05) is 13.2 Å². The van der Waals surface area contributed by atoms with Gasteiger partial charge < -0.3 is 19.9 Å². The number of nitrogens with one attached hydrogen (secondary N) is 1. The molecule has 0 atom stereocenters. The largest absolute Gasteiger partial charge is 0.394 e. The summed E-state index contributed by atoms with van der Waals surface area (Å²) in [6.45, 7) is 7.83. The molecule has 0 heterocycles. The van der Waals surface area contributed by atoms with Gasteiger partial charge in [0.25, 0.3) is 0 Å². The summed E-state index contributed by atoms with van der Waals surface area (Å²) in [5.74, 6) is 0.0353. The van der Waals surface area contributed by atoms with E-state index in [1.54, 1.807) is 0 Å². The van der Waals surface area contributed by atoms with E-state index >= 15 is 0 Å². The van der Waals surface area contributed by atoms with Crippen LogP contribution in [-0.4, -0.2) is 56.0 Å². The number of carbonyl (C=O) groups is 1. The molecule has 0 rings (SSSR count). The monoisotopic (exact) mass is 247 g/mol. The van der Waals surface area contributed by atoms with Crippen molar-refractivity contribution in [3.63, 3.8) is 0 Å². The van der Waals surface area contributed by atoms with Crippen LogP contribution >= 0.6 is 0 Å². The normalized spacial score (nSPS) is 11.8. The summed E-state index contributed by atoms with van der Waals surface area (Å²) in [5, 5.41) is 11.6. The minimum absolute atomic E-state index is 0.0210. The fourth-order valence-corrected chi connectivity index (χ4v) is 1.19. The van der Waals surface area contributed by atoms with Gasteiger partial charge in [-0.2, -0.15) is 0 Å². The smallest absolute Gasteiger partial charge is 0.177 e. The van der Waals surface area contributed by atoms with Crippen molar-refractivity contribution < 1.29 is 19.4 Å². The molecule has 2 N–H and O–H groups in total. The molecule has 5 heteroatoms. The van der Waals surface area contributed by atoms with Crippen LogP contribution in [0.2, 0.25) is 0 Å². The molecule has 0 aromatic rings. The van der Waals surface area contributed by atoms with Crippen LogP contribution in [0.1, 0.15) is 27.2 Å². The molecule has 0 fully saturated rings. The molecule has 0 aliphatic heterocycles. The van der Waals surface area contributed by atoms with Crippen molar-refractivity contribution >= 4 is 5.78 Å². The topological polar surface area (TPSA) is 67.8 Å². The summed E-state index contributed by atoms with van der Waals surface area (Å²) in [6, 6.07) is 0. The van der Waals surface area contributed by atoms with Crippen molar-refractivity contribution in [1.82, 2.24) is 5.32 Å². The van der Waals surface area contributed by atoms with Crippen LogP contribution in [0.4, 0.5) is 0 Å². The first kappa shape index (κ1) is 16.5. The van der Waals surface area contributed by atoms with Gasteiger partial charge in [0.2, 0.25) is 0 Å². The Labute approximate surface area is 103 Å². The molecule has 0 saturated heterocycles. The Morgan fingerprint density at radius 1 is 1.24 bits per heavy atom. The van der Waals surface area contributed by atoms with E-state index in [4.69, 9.17) is 14.6 Å². The number of Topliss-reactive ketones (excluding diaryl/α,β-unsaturated/α-hetero) is 1. The van der Waals surface area contributed by atoms with Crippen LogP contribution < -0.4 is 5.32 Å². The van der Waals surface area contributed by atoms with E-state index in [9.17, 15) is 4.79 Å². The summed E-state index contributed by atoms with van der Waals surface area (Å²) in [4.78, 5) is 11.8. The molecular weight excluding hydrogens is 222 g/mol. The van der Waals surface area contributed by atoms with Gasteiger partial charge in [-0.15, -0.1) is 0 Å². The van der Waals surface area contributed by atoms with E-state index in [-0.39, 0.29) is 19.0 Å². The van der Waals surface area contributed by atoms with E-state index in [1.165, 1.54) is 0 Å². The third kappa shape index (κ3) is 8.26. The molecule has 0 bridgehead atoms. The first-order valence-electron chi connectivity index (χ1n) is 6.09. The predicted molar refractivity (Wildman–Crippen MR) is 66.1 cm³/mol. The Morgan fingerprint density at radius 3 is 2.53 bits per heavy atom. The Bertz CT molecular complexity index is 207. The van der Waals surface area contributed by atoms with Gasteiger partial charge in [0.1, 0.15) is 6.61 Å². The zero-order valence-electron chi connectivity index (χ0n) is 11.1. The molecule has 17 heavy (non-hydrogen) atoms. The molecule has 5 nitrogen and oxygen atoms in total. The second kappa shape index (κ2) is 9.53. The molecular formula is C12H25NO4. The first-order valence-corrected chi connectivity index (χ1v) is 6.09. The number of hydrogen-bond acceptors (Lipinski definition) is 5. The third-order valence-electron chi connectivity index (χ3n) is 2.33. The van der Waals surface area contributed by atoms with E-state index in [0.29, 0.717) is 26.4 Å². The number of rotatable bonds is 11. The maximum absolute atomic E-state index is 11.8. The molecule has 0 spiro atoms. The van der Waals surface area contributed by atoms with E-state index in [1.807, 2.05) is 20.8 Å². The van der Waals surface area contributed by atoms with Crippen molar-refractivity contribution in [1.29, 1.82) is 0 Å². The molecule has 0 aromatic carbocycles. The summed E-state index contributed by atoms with van der Waals surface area (Å²) in [5.41, 5.74) is -0.601. The molecule has 0 saturated carbocycles. The number of ketones is 1. The lowest BCUT2D eigenvalue weighted by atomic mass is 10.00. The molecule has 0 aromatic heterocycles. The second-order valence-corrected chi connectivity index (χ2v) is 4.36. The van der Waals surface area contributed by atoms with E-state index in [0.717, 1.165) is 6.42 Å². The lowest BCUT2D eigenvalue weighted by molar-refractivity contribution is -0.129. The van der Waals surface area contributed by atoms with Crippen molar-refractivity contribution in [3.05, 3.63) is 0 Å². The maximum Gasteiger partial charge on any atom is 0.177 e. The summed E-state index contributed by atoms with van der Waals surface area (Å²) in [7, 11) is 0. The minimum Gasteiger partial charge on any atom is -0.394 e. The highest BCUT2D eigenvalue weighted by Gasteiger charge is 2.26. The summed E-state index contributed by atoms with van der Waals surface area (Å²) >= 11 is 0. The van der Waals surface area contributed by atoms with Crippen molar-refractivity contribution in [2.45, 2.75) is 32.7 Å². The third-order valence-corrected chi connectivity index (χ3v) is 2.33. The van der Waals surface area contributed by atoms with E-state index in [2.05, 4.69) is 5.32 Å². The van der Waals surface area contributed by atoms with Gasteiger partial charge in [0.15, 0.2) is 5.78 Å². The standard InChI is InChI=1S/C12H25NO4/c1-4-7-17-10-11(15)12(2,3)13-5-8-16-9-6-14/h13-14H,4-10H2,1-3H3. The van der Waals surface area contributed by atoms with Crippen LogP contribution in [0, 0.1) is 0 Å². The number of ether oxygens (including phenoxy) is 2. The lowest BCUT2D eigenvalue weighted by Gasteiger charge is -2.24. The molecule has 0 unspecified atom stereocenters. The molecule has 0 aliphatic rings. The number of hydrogen-bond donors (Lipinski definition) is 2. The maximum atomic E-state index is 11.8. The predicted octanol–water partition coefficient (Wildman–Crippen LogP) is 0.359. The zero-order chi connectivity index (χ0) is 13.1. The molecule has 0 amide bonds.